The highest BCUT2D eigenvalue weighted by atomic mass is 16.5. The van der Waals surface area contributed by atoms with Crippen LogP contribution in [0.2, 0.25) is 0 Å². The maximum Gasteiger partial charge on any atom is 0.222 e. The summed E-state index contributed by atoms with van der Waals surface area (Å²) < 4.78 is 5.97. The topological polar surface area (TPSA) is 73.1 Å². The number of nitrogens with two attached hydrogens (primary N) is 1. The van der Waals surface area contributed by atoms with Crippen molar-refractivity contribution in [1.82, 2.24) is 9.97 Å². The molecule has 3 N–H and O–H groups in total. The van der Waals surface area contributed by atoms with E-state index in [1.165, 1.54) is 0 Å². The second-order valence-corrected chi connectivity index (χ2v) is 4.89. The average molecular weight is 286 g/mol. The largest absolute Gasteiger partial charge is 0.481 e. The maximum absolute atomic E-state index is 5.97. The molecule has 1 aromatic heterocycles. The van der Waals surface area contributed by atoms with Crippen molar-refractivity contribution < 1.29 is 4.74 Å². The molecule has 0 amide bonds. The average Bonchev–Trinajstić information content (AvgIpc) is 2.51. The molecule has 1 atom stereocenters. The van der Waals surface area contributed by atoms with E-state index in [2.05, 4.69) is 22.2 Å². The second-order valence-electron chi connectivity index (χ2n) is 4.89. The molecule has 5 nitrogen and oxygen atoms in total. The zero-order chi connectivity index (χ0) is 15.1. The Bertz CT molecular complexity index is 559. The van der Waals surface area contributed by atoms with E-state index in [-0.39, 0.29) is 12.1 Å². The standard InChI is InChI=1S/C16H22N4O/c1-3-4-10-18-15-14(11-19-16(17)20-15)21-12(2)13-8-6-5-7-9-13/h5-9,11-12H,3-4,10H2,1-2H3,(H3,17,18,19,20). The fourth-order valence-electron chi connectivity index (χ4n) is 1.96. The van der Waals surface area contributed by atoms with Crippen LogP contribution in [0.5, 0.6) is 5.75 Å². The van der Waals surface area contributed by atoms with Gasteiger partial charge in [-0.15, -0.1) is 0 Å². The van der Waals surface area contributed by atoms with Gasteiger partial charge in [0.25, 0.3) is 0 Å². The molecule has 0 aliphatic rings. The smallest absolute Gasteiger partial charge is 0.222 e. The van der Waals surface area contributed by atoms with E-state index >= 15 is 0 Å². The van der Waals surface area contributed by atoms with E-state index in [4.69, 9.17) is 10.5 Å². The second kappa shape index (κ2) is 7.47. The molecule has 0 spiro atoms. The fourth-order valence-corrected chi connectivity index (χ4v) is 1.96. The van der Waals surface area contributed by atoms with E-state index in [1.54, 1.807) is 6.20 Å². The van der Waals surface area contributed by atoms with E-state index in [0.717, 1.165) is 24.9 Å². The molecule has 0 saturated heterocycles. The number of nitrogens with one attached hydrogen (secondary N) is 1. The van der Waals surface area contributed by atoms with Crippen molar-refractivity contribution in [1.29, 1.82) is 0 Å². The minimum atomic E-state index is -0.0786. The summed E-state index contributed by atoms with van der Waals surface area (Å²) in [4.78, 5) is 8.24. The van der Waals surface area contributed by atoms with Gasteiger partial charge in [-0.05, 0) is 18.9 Å². The summed E-state index contributed by atoms with van der Waals surface area (Å²) in [6, 6.07) is 10.0. The lowest BCUT2D eigenvalue weighted by Crippen LogP contribution is -2.10. The molecule has 21 heavy (non-hydrogen) atoms. The number of benzene rings is 1. The van der Waals surface area contributed by atoms with Gasteiger partial charge in [-0.3, -0.25) is 0 Å². The summed E-state index contributed by atoms with van der Waals surface area (Å²) >= 11 is 0. The van der Waals surface area contributed by atoms with E-state index in [1.807, 2.05) is 37.3 Å². The first-order valence-corrected chi connectivity index (χ1v) is 7.28. The molecule has 2 rings (SSSR count). The van der Waals surface area contributed by atoms with E-state index in [9.17, 15) is 0 Å². The normalized spacial score (nSPS) is 11.9. The lowest BCUT2D eigenvalue weighted by atomic mass is 10.1. The first-order valence-electron chi connectivity index (χ1n) is 7.28. The van der Waals surface area contributed by atoms with E-state index in [0.29, 0.717) is 11.6 Å². The highest BCUT2D eigenvalue weighted by Crippen LogP contribution is 2.27. The maximum atomic E-state index is 5.97. The summed E-state index contributed by atoms with van der Waals surface area (Å²) in [5.41, 5.74) is 6.76. The number of ether oxygens (including phenoxy) is 1. The van der Waals surface area contributed by atoms with Gasteiger partial charge in [0.15, 0.2) is 11.6 Å². The van der Waals surface area contributed by atoms with Gasteiger partial charge >= 0.3 is 0 Å². The van der Waals surface area contributed by atoms with E-state index < -0.39 is 0 Å². The summed E-state index contributed by atoms with van der Waals surface area (Å²) in [7, 11) is 0. The molecule has 0 aliphatic heterocycles. The van der Waals surface area contributed by atoms with Gasteiger partial charge < -0.3 is 15.8 Å². The molecule has 0 saturated carbocycles. The van der Waals surface area contributed by atoms with Crippen molar-refractivity contribution in [2.24, 2.45) is 0 Å². The Morgan fingerprint density at radius 3 is 2.76 bits per heavy atom. The van der Waals surface area contributed by atoms with Gasteiger partial charge in [-0.25, -0.2) is 4.98 Å². The molecule has 1 aromatic carbocycles. The Morgan fingerprint density at radius 2 is 2.05 bits per heavy atom. The number of hydrogen-bond donors (Lipinski definition) is 2. The minimum absolute atomic E-state index is 0.0786. The number of unbranched alkanes of at least 4 members (excludes halogenated alkanes) is 1. The zero-order valence-corrected chi connectivity index (χ0v) is 12.5. The third-order valence-corrected chi connectivity index (χ3v) is 3.17. The number of hydrogen-bond acceptors (Lipinski definition) is 5. The Morgan fingerprint density at radius 1 is 1.29 bits per heavy atom. The van der Waals surface area contributed by atoms with Crippen molar-refractivity contribution in [3.05, 3.63) is 42.1 Å². The summed E-state index contributed by atoms with van der Waals surface area (Å²) in [5, 5.41) is 3.26. The van der Waals surface area contributed by atoms with Crippen molar-refractivity contribution in [3.63, 3.8) is 0 Å². The Labute approximate surface area is 125 Å². The molecule has 0 fully saturated rings. The molecular weight excluding hydrogens is 264 g/mol. The molecular formula is C16H22N4O. The van der Waals surface area contributed by atoms with Crippen molar-refractivity contribution in [2.45, 2.75) is 32.8 Å². The molecule has 1 unspecified atom stereocenters. The van der Waals surface area contributed by atoms with Crippen LogP contribution in [-0.4, -0.2) is 16.5 Å². The highest BCUT2D eigenvalue weighted by Gasteiger charge is 2.12. The first kappa shape index (κ1) is 15.1. The fraction of sp³-hybridized carbons (Fsp3) is 0.375. The van der Waals surface area contributed by atoms with Gasteiger partial charge in [0, 0.05) is 6.54 Å². The number of aromatic nitrogens is 2. The Hall–Kier alpha value is -2.30. The third-order valence-electron chi connectivity index (χ3n) is 3.17. The van der Waals surface area contributed by atoms with Crippen LogP contribution in [0.15, 0.2) is 36.5 Å². The van der Waals surface area contributed by atoms with Crippen molar-refractivity contribution in [2.75, 3.05) is 17.6 Å². The van der Waals surface area contributed by atoms with Crippen LogP contribution in [0.3, 0.4) is 0 Å². The predicted molar refractivity (Wildman–Crippen MR) is 85.3 cm³/mol. The molecule has 112 valence electrons. The van der Waals surface area contributed by atoms with Crippen LogP contribution >= 0.6 is 0 Å². The van der Waals surface area contributed by atoms with Crippen molar-refractivity contribution >= 4 is 11.8 Å². The minimum Gasteiger partial charge on any atom is -0.481 e. The molecule has 0 aliphatic carbocycles. The predicted octanol–water partition coefficient (Wildman–Crippen LogP) is 3.41. The number of anilines is 2. The zero-order valence-electron chi connectivity index (χ0n) is 12.5. The first-order chi connectivity index (χ1) is 10.2. The molecule has 0 radical (unpaired) electrons. The molecule has 5 heteroatoms. The quantitative estimate of drug-likeness (QED) is 0.763. The van der Waals surface area contributed by atoms with Crippen LogP contribution in [-0.2, 0) is 0 Å². The molecule has 0 bridgehead atoms. The number of nitrogens with zero attached hydrogens (tertiary/aromatic N) is 2. The Kier molecular flexibility index (Phi) is 5.37. The van der Waals surface area contributed by atoms with Gasteiger partial charge in [0.05, 0.1) is 6.20 Å². The lowest BCUT2D eigenvalue weighted by molar-refractivity contribution is 0.226. The van der Waals surface area contributed by atoms with Crippen LogP contribution in [0.25, 0.3) is 0 Å². The van der Waals surface area contributed by atoms with Gasteiger partial charge in [-0.2, -0.15) is 4.98 Å². The summed E-state index contributed by atoms with van der Waals surface area (Å²) in [6.45, 7) is 4.98. The van der Waals surface area contributed by atoms with Crippen LogP contribution in [0, 0.1) is 0 Å². The van der Waals surface area contributed by atoms with Gasteiger partial charge in [0.1, 0.15) is 6.10 Å². The number of rotatable bonds is 7. The molecule has 2 aromatic rings. The lowest BCUT2D eigenvalue weighted by Gasteiger charge is -2.17. The van der Waals surface area contributed by atoms with Crippen LogP contribution in [0.1, 0.15) is 38.4 Å². The SMILES string of the molecule is CCCCNc1nc(N)ncc1OC(C)c1ccccc1. The van der Waals surface area contributed by atoms with Gasteiger partial charge in [-0.1, -0.05) is 43.7 Å². The summed E-state index contributed by atoms with van der Waals surface area (Å²) in [6.07, 6.45) is 3.72. The van der Waals surface area contributed by atoms with Crippen molar-refractivity contribution in [3.8, 4) is 5.75 Å². The van der Waals surface area contributed by atoms with Gasteiger partial charge in [0.2, 0.25) is 5.95 Å². The highest BCUT2D eigenvalue weighted by molar-refractivity contribution is 5.51. The Balaban J connectivity index is 2.11. The molecule has 1 heterocycles. The summed E-state index contributed by atoms with van der Waals surface area (Å²) in [5.74, 6) is 1.52. The number of nitrogen functional groups attached to an aromatic ring is 1. The third kappa shape index (κ3) is 4.34. The monoisotopic (exact) mass is 286 g/mol. The van der Waals surface area contributed by atoms with Crippen LogP contribution in [0.4, 0.5) is 11.8 Å². The van der Waals surface area contributed by atoms with Crippen LogP contribution < -0.4 is 15.8 Å².